The average Bonchev–Trinajstić information content (AvgIpc) is 2.86. The van der Waals surface area contributed by atoms with Gasteiger partial charge in [-0.25, -0.2) is 4.39 Å². The number of nitrogens with zero attached hydrogens (tertiary/aromatic N) is 2. The van der Waals surface area contributed by atoms with Crippen molar-refractivity contribution >= 4 is 29.5 Å². The van der Waals surface area contributed by atoms with Crippen LogP contribution in [0.2, 0.25) is 5.02 Å². The third kappa shape index (κ3) is 8.59. The van der Waals surface area contributed by atoms with Crippen molar-refractivity contribution in [2.24, 2.45) is 4.99 Å². The minimum atomic E-state index is -0.367. The van der Waals surface area contributed by atoms with E-state index in [1.807, 2.05) is 30.9 Å². The van der Waals surface area contributed by atoms with Gasteiger partial charge < -0.3 is 24.4 Å². The topological polar surface area (TPSA) is 72.4 Å². The van der Waals surface area contributed by atoms with E-state index in [0.717, 1.165) is 17.7 Å². The predicted molar refractivity (Wildman–Crippen MR) is 135 cm³/mol. The van der Waals surface area contributed by atoms with Crippen molar-refractivity contribution in [3.8, 4) is 11.5 Å². The number of hydrogen-bond acceptors (Lipinski definition) is 5. The van der Waals surface area contributed by atoms with Gasteiger partial charge in [-0.15, -0.1) is 0 Å². The second kappa shape index (κ2) is 15.6. The highest BCUT2D eigenvalue weighted by molar-refractivity contribution is 6.30. The van der Waals surface area contributed by atoms with Crippen LogP contribution in [0.4, 0.5) is 10.1 Å². The number of nitrogens with one attached hydrogen (secondary N) is 1. The Kier molecular flexibility index (Phi) is 13.2. The summed E-state index contributed by atoms with van der Waals surface area (Å²) in [7, 11) is 4.90. The van der Waals surface area contributed by atoms with Crippen LogP contribution < -0.4 is 14.8 Å². The second-order valence-corrected chi connectivity index (χ2v) is 7.08. The number of halogens is 2. The van der Waals surface area contributed by atoms with E-state index in [1.165, 1.54) is 12.1 Å². The Hall–Kier alpha value is -3.26. The molecule has 34 heavy (non-hydrogen) atoms. The number of ether oxygens (including phenoxy) is 3. The third-order valence-electron chi connectivity index (χ3n) is 4.60. The van der Waals surface area contributed by atoms with Gasteiger partial charge in [0, 0.05) is 25.3 Å². The van der Waals surface area contributed by atoms with Gasteiger partial charge in [0.25, 0.3) is 0 Å². The van der Waals surface area contributed by atoms with Gasteiger partial charge in [-0.1, -0.05) is 30.7 Å². The van der Waals surface area contributed by atoms with E-state index in [1.54, 1.807) is 39.6 Å². The lowest BCUT2D eigenvalue weighted by Crippen LogP contribution is -2.33. The molecule has 0 fully saturated rings. The number of carbonyl (C=O) groups is 1. The number of hydrogen-bond donors (Lipinski definition) is 1. The van der Waals surface area contributed by atoms with Crippen molar-refractivity contribution in [3.63, 3.8) is 0 Å². The summed E-state index contributed by atoms with van der Waals surface area (Å²) >= 11 is 5.33. The van der Waals surface area contributed by atoms with Crippen molar-refractivity contribution in [3.05, 3.63) is 64.8 Å². The van der Waals surface area contributed by atoms with E-state index < -0.39 is 0 Å². The molecule has 0 atom stereocenters. The first kappa shape index (κ1) is 28.8. The van der Waals surface area contributed by atoms with Crippen LogP contribution in [0, 0.1) is 5.82 Å². The molecule has 0 aliphatic rings. The fourth-order valence-electron chi connectivity index (χ4n) is 2.87. The lowest BCUT2D eigenvalue weighted by atomic mass is 10.1. The SMILES string of the molecule is CCO/C(C=O)=C/N(CC)C(=NC)Nc1cc(OC)c(OC)cc1CC.Fc1ccccc1Cl. The lowest BCUT2D eigenvalue weighted by Gasteiger charge is -2.23. The van der Waals surface area contributed by atoms with Crippen LogP contribution in [0.3, 0.4) is 0 Å². The molecule has 9 heteroatoms. The van der Waals surface area contributed by atoms with Crippen LogP contribution in [0.5, 0.6) is 11.5 Å². The molecule has 0 radical (unpaired) electrons. The van der Waals surface area contributed by atoms with Gasteiger partial charge in [-0.2, -0.15) is 0 Å². The summed E-state index contributed by atoms with van der Waals surface area (Å²) in [6, 6.07) is 9.94. The summed E-state index contributed by atoms with van der Waals surface area (Å²) in [6.07, 6.45) is 3.13. The third-order valence-corrected chi connectivity index (χ3v) is 4.90. The molecule has 0 saturated carbocycles. The molecule has 7 nitrogen and oxygen atoms in total. The first-order valence-electron chi connectivity index (χ1n) is 10.8. The number of aliphatic imine (C=N–C) groups is 1. The first-order chi connectivity index (χ1) is 16.4. The monoisotopic (exact) mass is 493 g/mol. The van der Waals surface area contributed by atoms with E-state index in [-0.39, 0.29) is 16.6 Å². The van der Waals surface area contributed by atoms with Crippen molar-refractivity contribution in [2.75, 3.05) is 39.7 Å². The Bertz CT molecular complexity index is 962. The highest BCUT2D eigenvalue weighted by atomic mass is 35.5. The first-order valence-corrected chi connectivity index (χ1v) is 11.2. The zero-order valence-electron chi connectivity index (χ0n) is 20.5. The molecule has 0 bridgehead atoms. The molecule has 1 N–H and O–H groups in total. The maximum absolute atomic E-state index is 12.2. The molecule has 0 unspecified atom stereocenters. The fourth-order valence-corrected chi connectivity index (χ4v) is 3.01. The van der Waals surface area contributed by atoms with E-state index in [4.69, 9.17) is 25.8 Å². The molecule has 0 saturated heterocycles. The highest BCUT2D eigenvalue weighted by Crippen LogP contribution is 2.33. The maximum atomic E-state index is 12.2. The molecule has 2 aromatic carbocycles. The molecular formula is C25H33ClFN3O4. The molecule has 2 rings (SSSR count). The quantitative estimate of drug-likeness (QED) is 0.162. The Morgan fingerprint density at radius 2 is 1.79 bits per heavy atom. The number of aldehydes is 1. The molecule has 0 heterocycles. The Morgan fingerprint density at radius 1 is 1.15 bits per heavy atom. The predicted octanol–water partition coefficient (Wildman–Crippen LogP) is 5.54. The largest absolute Gasteiger partial charge is 0.493 e. The molecule has 186 valence electrons. The van der Waals surface area contributed by atoms with Gasteiger partial charge in [0.15, 0.2) is 23.5 Å². The van der Waals surface area contributed by atoms with Crippen LogP contribution in [0.1, 0.15) is 26.3 Å². The molecule has 0 aliphatic heterocycles. The number of rotatable bonds is 9. The summed E-state index contributed by atoms with van der Waals surface area (Å²) in [5, 5.41) is 3.49. The highest BCUT2D eigenvalue weighted by Gasteiger charge is 2.14. The van der Waals surface area contributed by atoms with Gasteiger partial charge in [0.2, 0.25) is 5.96 Å². The standard InChI is InChI=1S/C19H29N3O4.C6H4ClF/c1-7-14-10-17(24-5)18(25-6)11-16(14)21-19(20-4)22(8-2)12-15(13-23)26-9-3;7-5-3-1-2-4-6(5)8/h10-13H,7-9H2,1-6H3,(H,20,21);1-4H/b15-12+;. The maximum Gasteiger partial charge on any atom is 0.202 e. The van der Waals surface area contributed by atoms with Crippen molar-refractivity contribution < 1.29 is 23.4 Å². The lowest BCUT2D eigenvalue weighted by molar-refractivity contribution is -0.107. The fraction of sp³-hybridized carbons (Fsp3) is 0.360. The van der Waals surface area contributed by atoms with Crippen LogP contribution in [0.25, 0.3) is 0 Å². The summed E-state index contributed by atoms with van der Waals surface area (Å²) in [5.41, 5.74) is 1.92. The minimum Gasteiger partial charge on any atom is -0.493 e. The number of guanidine groups is 1. The summed E-state index contributed by atoms with van der Waals surface area (Å²) in [6.45, 7) is 6.89. The van der Waals surface area contributed by atoms with Crippen LogP contribution in [-0.2, 0) is 16.0 Å². The summed E-state index contributed by atoms with van der Waals surface area (Å²) < 4.78 is 28.3. The molecule has 2 aromatic rings. The number of carbonyl (C=O) groups excluding carboxylic acids is 1. The van der Waals surface area contributed by atoms with Gasteiger partial charge in [-0.05, 0) is 44.0 Å². The number of aryl methyl sites for hydroxylation is 1. The summed E-state index contributed by atoms with van der Waals surface area (Å²) in [4.78, 5) is 17.3. The number of methoxy groups -OCH3 is 2. The molecular weight excluding hydrogens is 461 g/mol. The zero-order chi connectivity index (χ0) is 25.5. The van der Waals surface area contributed by atoms with Crippen LogP contribution in [0.15, 0.2) is 53.3 Å². The van der Waals surface area contributed by atoms with Crippen molar-refractivity contribution in [2.45, 2.75) is 27.2 Å². The Labute approximate surface area is 206 Å². The normalized spacial score (nSPS) is 11.2. The average molecular weight is 494 g/mol. The van der Waals surface area contributed by atoms with Gasteiger partial charge in [-0.3, -0.25) is 9.79 Å². The molecule has 0 amide bonds. The number of allylic oxidation sites excluding steroid dienone is 1. The second-order valence-electron chi connectivity index (χ2n) is 6.67. The van der Waals surface area contributed by atoms with Gasteiger partial charge >= 0.3 is 0 Å². The van der Waals surface area contributed by atoms with Gasteiger partial charge in [0.1, 0.15) is 5.82 Å². The van der Waals surface area contributed by atoms with E-state index >= 15 is 0 Å². The molecule has 0 aliphatic carbocycles. The van der Waals surface area contributed by atoms with Crippen molar-refractivity contribution in [1.82, 2.24) is 4.90 Å². The smallest absolute Gasteiger partial charge is 0.202 e. The van der Waals surface area contributed by atoms with E-state index in [0.29, 0.717) is 36.9 Å². The van der Waals surface area contributed by atoms with E-state index in [2.05, 4.69) is 17.2 Å². The zero-order valence-corrected chi connectivity index (χ0v) is 21.3. The molecule has 0 aromatic heterocycles. The Morgan fingerprint density at radius 3 is 2.24 bits per heavy atom. The number of anilines is 1. The number of benzene rings is 2. The van der Waals surface area contributed by atoms with Crippen molar-refractivity contribution in [1.29, 1.82) is 0 Å². The van der Waals surface area contributed by atoms with Gasteiger partial charge in [0.05, 0.1) is 32.0 Å². The van der Waals surface area contributed by atoms with Crippen LogP contribution >= 0.6 is 11.6 Å². The molecule has 0 spiro atoms. The van der Waals surface area contributed by atoms with E-state index in [9.17, 15) is 9.18 Å². The minimum absolute atomic E-state index is 0.174. The summed E-state index contributed by atoms with van der Waals surface area (Å²) in [5.74, 6) is 1.78. The van der Waals surface area contributed by atoms with Crippen LogP contribution in [-0.4, -0.2) is 51.6 Å². The Balaban J connectivity index is 0.000000605.